The van der Waals surface area contributed by atoms with Crippen molar-refractivity contribution in [2.24, 2.45) is 5.92 Å². The summed E-state index contributed by atoms with van der Waals surface area (Å²) in [6.45, 7) is 8.00. The number of cyclic esters (lactones) is 1. The highest BCUT2D eigenvalue weighted by Crippen LogP contribution is 2.29. The molecule has 0 N–H and O–H groups in total. The Balaban J connectivity index is 2.46. The van der Waals surface area contributed by atoms with Crippen molar-refractivity contribution in [3.05, 3.63) is 46.0 Å². The third kappa shape index (κ3) is 5.44. The van der Waals surface area contributed by atoms with Crippen molar-refractivity contribution in [3.63, 3.8) is 0 Å². The predicted octanol–water partition coefficient (Wildman–Crippen LogP) is 4.47. The van der Waals surface area contributed by atoms with E-state index in [9.17, 15) is 9.59 Å². The lowest BCUT2D eigenvalue weighted by Gasteiger charge is -2.24. The molecule has 0 aromatic heterocycles. The maximum absolute atomic E-state index is 13.0. The summed E-state index contributed by atoms with van der Waals surface area (Å²) in [5.41, 5.74) is 4.87. The number of fused-ring (bicyclic) bond motifs is 1. The van der Waals surface area contributed by atoms with Gasteiger partial charge in [-0.3, -0.25) is 9.63 Å². The SMILES string of the molecule is CON(C)C(=O)CC1CC/C=C/C[C@@H](C)OC(=O)c2c(C)cc(C)c(C)c2C1. The number of benzene rings is 1. The lowest BCUT2D eigenvalue weighted by Crippen LogP contribution is -2.28. The van der Waals surface area contributed by atoms with Crippen molar-refractivity contribution in [2.45, 2.75) is 65.9 Å². The molecule has 2 rings (SSSR count). The van der Waals surface area contributed by atoms with E-state index < -0.39 is 0 Å². The minimum Gasteiger partial charge on any atom is -0.459 e. The molecule has 1 aliphatic rings. The Morgan fingerprint density at radius 1 is 1.25 bits per heavy atom. The monoisotopic (exact) mass is 387 g/mol. The number of aryl methyl sites for hydroxylation is 2. The number of hydrogen-bond acceptors (Lipinski definition) is 4. The number of allylic oxidation sites excluding steroid dienone is 1. The fourth-order valence-corrected chi connectivity index (χ4v) is 3.78. The molecule has 1 aromatic carbocycles. The lowest BCUT2D eigenvalue weighted by atomic mass is 9.84. The van der Waals surface area contributed by atoms with E-state index in [0.29, 0.717) is 24.8 Å². The molecule has 0 fully saturated rings. The molecule has 1 heterocycles. The normalized spacial score (nSPS) is 21.7. The van der Waals surface area contributed by atoms with Gasteiger partial charge in [0.15, 0.2) is 0 Å². The second-order valence-corrected chi connectivity index (χ2v) is 7.84. The van der Waals surface area contributed by atoms with Crippen LogP contribution < -0.4 is 0 Å². The molecule has 0 bridgehead atoms. The third-order valence-electron chi connectivity index (χ3n) is 5.64. The first-order valence-electron chi connectivity index (χ1n) is 10.0. The second-order valence-electron chi connectivity index (χ2n) is 7.84. The fourth-order valence-electron chi connectivity index (χ4n) is 3.78. The summed E-state index contributed by atoms with van der Waals surface area (Å²) >= 11 is 0. The van der Waals surface area contributed by atoms with Crippen molar-refractivity contribution in [1.29, 1.82) is 0 Å². The molecule has 1 aromatic rings. The first kappa shape index (κ1) is 22.2. The molecule has 1 aliphatic heterocycles. The van der Waals surface area contributed by atoms with E-state index in [1.807, 2.05) is 19.9 Å². The Morgan fingerprint density at radius 3 is 2.64 bits per heavy atom. The molecule has 5 heteroatoms. The molecule has 0 radical (unpaired) electrons. The standard InChI is InChI=1S/C23H33NO4/c1-15-12-16(2)22-20(18(15)4)13-19(14-21(25)24(5)27-6)11-9-7-8-10-17(3)28-23(22)26/h7-8,12,17,19H,9-11,13-14H2,1-6H3/b8-7+/t17-,19?/m1/s1. The molecule has 28 heavy (non-hydrogen) atoms. The van der Waals surface area contributed by atoms with Gasteiger partial charge in [0.25, 0.3) is 0 Å². The molecule has 154 valence electrons. The number of esters is 1. The van der Waals surface area contributed by atoms with E-state index in [1.165, 1.54) is 12.2 Å². The first-order chi connectivity index (χ1) is 13.2. The molecule has 5 nitrogen and oxygen atoms in total. The quantitative estimate of drug-likeness (QED) is 0.436. The van der Waals surface area contributed by atoms with Crippen molar-refractivity contribution in [2.75, 3.05) is 14.2 Å². The number of hydrogen-bond donors (Lipinski definition) is 0. The Bertz CT molecular complexity index is 753. The van der Waals surface area contributed by atoms with Gasteiger partial charge in [-0.2, -0.15) is 0 Å². The fraction of sp³-hybridized carbons (Fsp3) is 0.565. The highest BCUT2D eigenvalue weighted by Gasteiger charge is 2.25. The number of ether oxygens (including phenoxy) is 1. The zero-order chi connectivity index (χ0) is 20.8. The first-order valence-corrected chi connectivity index (χ1v) is 10.0. The summed E-state index contributed by atoms with van der Waals surface area (Å²) in [7, 11) is 3.12. The maximum Gasteiger partial charge on any atom is 0.338 e. The van der Waals surface area contributed by atoms with Crippen LogP contribution in [0.4, 0.5) is 0 Å². The van der Waals surface area contributed by atoms with E-state index in [0.717, 1.165) is 35.1 Å². The average Bonchev–Trinajstić information content (AvgIpc) is 2.63. The number of carbonyl (C=O) groups excluding carboxylic acids is 2. The van der Waals surface area contributed by atoms with Gasteiger partial charge < -0.3 is 4.74 Å². The molecule has 2 atom stereocenters. The molecule has 1 amide bonds. The van der Waals surface area contributed by atoms with Crippen LogP contribution in [0.2, 0.25) is 0 Å². The third-order valence-corrected chi connectivity index (χ3v) is 5.64. The Hall–Kier alpha value is -2.14. The number of rotatable bonds is 3. The van der Waals surface area contributed by atoms with Crippen LogP contribution in [0.25, 0.3) is 0 Å². The average molecular weight is 388 g/mol. The summed E-state index contributed by atoms with van der Waals surface area (Å²) in [6.07, 6.45) is 7.56. The molecular weight excluding hydrogens is 354 g/mol. The summed E-state index contributed by atoms with van der Waals surface area (Å²) in [5, 5.41) is 1.27. The Labute approximate surface area is 168 Å². The summed E-state index contributed by atoms with van der Waals surface area (Å²) in [5.74, 6) is -0.197. The van der Waals surface area contributed by atoms with E-state index >= 15 is 0 Å². The second kappa shape index (κ2) is 9.87. The van der Waals surface area contributed by atoms with E-state index in [-0.39, 0.29) is 23.9 Å². The van der Waals surface area contributed by atoms with Gasteiger partial charge in [-0.1, -0.05) is 18.2 Å². The largest absolute Gasteiger partial charge is 0.459 e. The van der Waals surface area contributed by atoms with Crippen molar-refractivity contribution in [1.82, 2.24) is 5.06 Å². The summed E-state index contributed by atoms with van der Waals surface area (Å²) in [6, 6.07) is 2.05. The number of carbonyl (C=O) groups is 2. The molecule has 0 aliphatic carbocycles. The lowest BCUT2D eigenvalue weighted by molar-refractivity contribution is -0.169. The van der Waals surface area contributed by atoms with Gasteiger partial charge in [0.05, 0.1) is 12.7 Å². The van der Waals surface area contributed by atoms with Gasteiger partial charge in [0.1, 0.15) is 6.10 Å². The van der Waals surface area contributed by atoms with Crippen LogP contribution in [0.3, 0.4) is 0 Å². The van der Waals surface area contributed by atoms with Gasteiger partial charge in [0, 0.05) is 19.9 Å². The molecule has 0 spiro atoms. The minimum atomic E-state index is -0.267. The van der Waals surface area contributed by atoms with Crippen LogP contribution in [0, 0.1) is 26.7 Å². The minimum absolute atomic E-state index is 0.0525. The smallest absolute Gasteiger partial charge is 0.338 e. The predicted molar refractivity (Wildman–Crippen MR) is 110 cm³/mol. The zero-order valence-electron chi connectivity index (χ0n) is 18.0. The maximum atomic E-state index is 13.0. The highest BCUT2D eigenvalue weighted by molar-refractivity contribution is 5.93. The molecule has 0 saturated carbocycles. The van der Waals surface area contributed by atoms with Crippen LogP contribution in [-0.4, -0.2) is 37.2 Å². The molecular formula is C23H33NO4. The zero-order valence-corrected chi connectivity index (χ0v) is 18.0. The number of nitrogens with zero attached hydrogens (tertiary/aromatic N) is 1. The topological polar surface area (TPSA) is 55.8 Å². The summed E-state index contributed by atoms with van der Waals surface area (Å²) in [4.78, 5) is 30.5. The van der Waals surface area contributed by atoms with Crippen LogP contribution in [0.1, 0.15) is 65.2 Å². The van der Waals surface area contributed by atoms with Crippen molar-refractivity contribution in [3.8, 4) is 0 Å². The van der Waals surface area contributed by atoms with E-state index in [4.69, 9.17) is 9.57 Å². The van der Waals surface area contributed by atoms with Gasteiger partial charge in [-0.15, -0.1) is 0 Å². The van der Waals surface area contributed by atoms with Gasteiger partial charge >= 0.3 is 5.97 Å². The van der Waals surface area contributed by atoms with Gasteiger partial charge in [0.2, 0.25) is 5.91 Å². The van der Waals surface area contributed by atoms with E-state index in [2.05, 4.69) is 26.0 Å². The Morgan fingerprint density at radius 2 is 1.96 bits per heavy atom. The molecule has 1 unspecified atom stereocenters. The molecule has 0 saturated heterocycles. The van der Waals surface area contributed by atoms with Crippen LogP contribution >= 0.6 is 0 Å². The summed E-state index contributed by atoms with van der Waals surface area (Å²) < 4.78 is 5.71. The van der Waals surface area contributed by atoms with Crippen LogP contribution in [0.5, 0.6) is 0 Å². The van der Waals surface area contributed by atoms with E-state index in [1.54, 1.807) is 7.05 Å². The number of amides is 1. The van der Waals surface area contributed by atoms with Gasteiger partial charge in [-0.25, -0.2) is 9.86 Å². The van der Waals surface area contributed by atoms with Crippen molar-refractivity contribution < 1.29 is 19.2 Å². The number of hydroxylamine groups is 2. The van der Waals surface area contributed by atoms with Crippen LogP contribution in [-0.2, 0) is 20.8 Å². The Kier molecular flexibility index (Phi) is 7.81. The highest BCUT2D eigenvalue weighted by atomic mass is 16.7. The van der Waals surface area contributed by atoms with Crippen molar-refractivity contribution >= 4 is 11.9 Å². The van der Waals surface area contributed by atoms with Gasteiger partial charge in [-0.05, 0) is 75.1 Å². The van der Waals surface area contributed by atoms with Crippen LogP contribution in [0.15, 0.2) is 18.2 Å².